The van der Waals surface area contributed by atoms with Crippen LogP contribution in [0, 0.1) is 17.8 Å². The van der Waals surface area contributed by atoms with Crippen LogP contribution in [0.2, 0.25) is 5.02 Å². The van der Waals surface area contributed by atoms with Crippen molar-refractivity contribution in [3.63, 3.8) is 0 Å². The molecule has 2 heterocycles. The Balaban J connectivity index is 1.32. The van der Waals surface area contributed by atoms with Gasteiger partial charge in [-0.2, -0.15) is 0 Å². The van der Waals surface area contributed by atoms with E-state index < -0.39 is 0 Å². The maximum Gasteiger partial charge on any atom is 0.225 e. The smallest absolute Gasteiger partial charge is 0.225 e. The maximum atomic E-state index is 13.4. The molecule has 0 N–H and O–H groups in total. The van der Waals surface area contributed by atoms with Gasteiger partial charge in [-0.1, -0.05) is 27.5 Å². The number of hydrogen-bond acceptors (Lipinski definition) is 3. The molecular weight excluding hydrogens is 604 g/mol. The van der Waals surface area contributed by atoms with Gasteiger partial charge in [0.15, 0.2) is 0 Å². The number of pyridine rings is 1. The van der Waals surface area contributed by atoms with Crippen molar-refractivity contribution in [3.05, 3.63) is 60.7 Å². The molecule has 0 spiro atoms. The molecule has 0 unspecified atom stereocenters. The predicted octanol–water partition coefficient (Wildman–Crippen LogP) is 7.51. The zero-order valence-electron chi connectivity index (χ0n) is 20.7. The van der Waals surface area contributed by atoms with Crippen molar-refractivity contribution >= 4 is 55.2 Å². The Kier molecular flexibility index (Phi) is 8.24. The lowest BCUT2D eigenvalue weighted by Gasteiger charge is -2.39. The number of benzene rings is 1. The van der Waals surface area contributed by atoms with E-state index in [4.69, 9.17) is 16.6 Å². The second-order valence-electron chi connectivity index (χ2n) is 10.9. The van der Waals surface area contributed by atoms with Gasteiger partial charge in [0.25, 0.3) is 0 Å². The summed E-state index contributed by atoms with van der Waals surface area (Å²) in [5.41, 5.74) is 5.10. The topological polar surface area (TPSA) is 50.3 Å². The molecule has 1 saturated heterocycles. The third kappa shape index (κ3) is 5.61. The van der Waals surface area contributed by atoms with E-state index >= 15 is 0 Å². The molecule has 0 bridgehead atoms. The van der Waals surface area contributed by atoms with Crippen molar-refractivity contribution in [1.29, 1.82) is 0 Å². The number of hydrogen-bond donors (Lipinski definition) is 0. The summed E-state index contributed by atoms with van der Waals surface area (Å²) in [6.45, 7) is 3.29. The summed E-state index contributed by atoms with van der Waals surface area (Å²) in [6, 6.07) is 6.35. The molecule has 2 fully saturated rings. The molecule has 7 heteroatoms. The Morgan fingerprint density at radius 2 is 1.69 bits per heavy atom. The van der Waals surface area contributed by atoms with Gasteiger partial charge >= 0.3 is 0 Å². The van der Waals surface area contributed by atoms with Crippen molar-refractivity contribution in [1.82, 2.24) is 9.88 Å². The van der Waals surface area contributed by atoms with Gasteiger partial charge in [0.05, 0.1) is 5.69 Å². The monoisotopic (exact) mass is 634 g/mol. The number of amides is 1. The number of fused-ring (bicyclic) bond motifs is 2. The molecular formula is C29H33Br2ClN2O2. The minimum atomic E-state index is 0.124. The average Bonchev–Trinajstić information content (AvgIpc) is 3.00. The highest BCUT2D eigenvalue weighted by molar-refractivity contribution is 9.10. The molecule has 192 valence electrons. The number of rotatable bonds is 4. The van der Waals surface area contributed by atoms with E-state index in [9.17, 15) is 9.59 Å². The minimum Gasteiger partial charge on any atom is -0.342 e. The van der Waals surface area contributed by atoms with Crippen molar-refractivity contribution in [2.45, 2.75) is 70.6 Å². The molecule has 2 aromatic rings. The van der Waals surface area contributed by atoms with Crippen molar-refractivity contribution in [2.75, 3.05) is 13.1 Å². The first-order valence-electron chi connectivity index (χ1n) is 13.2. The van der Waals surface area contributed by atoms with Crippen LogP contribution in [-0.2, 0) is 22.4 Å². The van der Waals surface area contributed by atoms with Crippen LogP contribution in [0.1, 0.15) is 80.2 Å². The molecule has 36 heavy (non-hydrogen) atoms. The van der Waals surface area contributed by atoms with Gasteiger partial charge in [0.2, 0.25) is 5.91 Å². The molecule has 2 aliphatic carbocycles. The summed E-state index contributed by atoms with van der Waals surface area (Å²) in [5, 5.41) is 0.762. The molecule has 1 aliphatic heterocycles. The largest absolute Gasteiger partial charge is 0.342 e. The zero-order chi connectivity index (χ0) is 25.4. The molecule has 1 atom stereocenters. The summed E-state index contributed by atoms with van der Waals surface area (Å²) in [6.07, 6.45) is 10.3. The fourth-order valence-electron chi connectivity index (χ4n) is 6.76. The highest BCUT2D eigenvalue weighted by atomic mass is 79.9. The number of piperidine rings is 1. The SMILES string of the molecule is CC(=O)CC1CCC(C(=O)N2CCC([C@H]3c4ncc(Br)cc4CCc4cc(Cl)cc(Br)c43)CC2)CC1. The van der Waals surface area contributed by atoms with Crippen molar-refractivity contribution < 1.29 is 9.59 Å². The first kappa shape index (κ1) is 26.4. The number of aromatic nitrogens is 1. The number of halogens is 3. The van der Waals surface area contributed by atoms with Crippen LogP contribution in [0.15, 0.2) is 33.3 Å². The van der Waals surface area contributed by atoms with E-state index in [1.54, 1.807) is 6.92 Å². The van der Waals surface area contributed by atoms with Crippen LogP contribution in [0.5, 0.6) is 0 Å². The highest BCUT2D eigenvalue weighted by Gasteiger charge is 2.38. The van der Waals surface area contributed by atoms with Gasteiger partial charge in [-0.3, -0.25) is 9.78 Å². The van der Waals surface area contributed by atoms with Gasteiger partial charge in [-0.15, -0.1) is 0 Å². The van der Waals surface area contributed by atoms with Crippen LogP contribution in [0.3, 0.4) is 0 Å². The summed E-state index contributed by atoms with van der Waals surface area (Å²) >= 11 is 13.9. The first-order valence-corrected chi connectivity index (χ1v) is 15.2. The van der Waals surface area contributed by atoms with E-state index in [1.807, 2.05) is 12.3 Å². The lowest BCUT2D eigenvalue weighted by Crippen LogP contribution is -2.43. The minimum absolute atomic E-state index is 0.124. The maximum absolute atomic E-state index is 13.4. The summed E-state index contributed by atoms with van der Waals surface area (Å²) in [7, 11) is 0. The quantitative estimate of drug-likeness (QED) is 0.349. The van der Waals surface area contributed by atoms with E-state index in [0.29, 0.717) is 24.2 Å². The third-order valence-electron chi connectivity index (χ3n) is 8.51. The zero-order valence-corrected chi connectivity index (χ0v) is 24.7. The third-order valence-corrected chi connectivity index (χ3v) is 9.82. The second kappa shape index (κ2) is 11.2. The van der Waals surface area contributed by atoms with Crippen LogP contribution in [0.4, 0.5) is 0 Å². The van der Waals surface area contributed by atoms with Gasteiger partial charge in [0, 0.05) is 51.5 Å². The molecule has 1 aromatic heterocycles. The number of carbonyl (C=O) groups excluding carboxylic acids is 2. The van der Waals surface area contributed by atoms with Gasteiger partial charge in [-0.05, 0) is 121 Å². The van der Waals surface area contributed by atoms with Crippen LogP contribution >= 0.6 is 43.5 Å². The van der Waals surface area contributed by atoms with E-state index in [0.717, 1.165) is 78.4 Å². The summed E-state index contributed by atoms with van der Waals surface area (Å²) in [4.78, 5) is 31.9. The average molecular weight is 637 g/mol. The molecule has 3 aliphatic rings. The van der Waals surface area contributed by atoms with Crippen molar-refractivity contribution in [3.8, 4) is 0 Å². The fraction of sp³-hybridized carbons (Fsp3) is 0.552. The van der Waals surface area contributed by atoms with Crippen LogP contribution < -0.4 is 0 Å². The van der Waals surface area contributed by atoms with E-state index in [1.165, 1.54) is 22.4 Å². The Morgan fingerprint density at radius 3 is 2.39 bits per heavy atom. The second-order valence-corrected chi connectivity index (χ2v) is 13.1. The lowest BCUT2D eigenvalue weighted by atomic mass is 9.76. The Bertz CT molecular complexity index is 1150. The highest BCUT2D eigenvalue weighted by Crippen LogP contribution is 2.46. The molecule has 1 saturated carbocycles. The lowest BCUT2D eigenvalue weighted by molar-refractivity contribution is -0.138. The fourth-order valence-corrected chi connectivity index (χ4v) is 8.26. The van der Waals surface area contributed by atoms with Crippen LogP contribution in [0.25, 0.3) is 0 Å². The van der Waals surface area contributed by atoms with Gasteiger partial charge < -0.3 is 9.69 Å². The molecule has 4 nitrogen and oxygen atoms in total. The normalized spacial score (nSPS) is 24.6. The Hall–Kier alpha value is -1.24. The summed E-state index contributed by atoms with van der Waals surface area (Å²) < 4.78 is 2.08. The number of aryl methyl sites for hydroxylation is 2. The van der Waals surface area contributed by atoms with E-state index in [-0.39, 0.29) is 17.6 Å². The van der Waals surface area contributed by atoms with Crippen molar-refractivity contribution in [2.24, 2.45) is 17.8 Å². The summed E-state index contributed by atoms with van der Waals surface area (Å²) in [5.74, 6) is 1.79. The standard InChI is InChI=1S/C29H33Br2ClN2O2/c1-17(35)12-18-2-4-20(5-3-18)29(36)34-10-8-19(9-11-34)27-26-21(14-24(32)15-25(26)31)6-7-22-13-23(30)16-33-28(22)27/h13-16,18-20,27H,2-12H2,1H3/t18?,20?,27-/m1/s1. The number of Topliss-reactive ketones (excluding diaryl/α,β-unsaturated/α-hetero) is 1. The number of carbonyl (C=O) groups is 2. The molecule has 1 aromatic carbocycles. The van der Waals surface area contributed by atoms with Gasteiger partial charge in [0.1, 0.15) is 5.78 Å². The predicted molar refractivity (Wildman–Crippen MR) is 150 cm³/mol. The molecule has 1 amide bonds. The van der Waals surface area contributed by atoms with Gasteiger partial charge in [-0.25, -0.2) is 0 Å². The number of likely N-dealkylation sites (tertiary alicyclic amines) is 1. The van der Waals surface area contributed by atoms with Crippen LogP contribution in [-0.4, -0.2) is 34.7 Å². The number of nitrogens with zero attached hydrogens (tertiary/aromatic N) is 2. The first-order chi connectivity index (χ1) is 17.3. The Morgan fingerprint density at radius 1 is 1.00 bits per heavy atom. The molecule has 0 radical (unpaired) electrons. The Labute approximate surface area is 235 Å². The molecule has 5 rings (SSSR count). The number of ketones is 1. The van der Waals surface area contributed by atoms with E-state index in [2.05, 4.69) is 48.9 Å².